The van der Waals surface area contributed by atoms with E-state index < -0.39 is 0 Å². The average Bonchev–Trinajstić information content (AvgIpc) is 3.28. The Morgan fingerprint density at radius 2 is 0.629 bits per heavy atom. The summed E-state index contributed by atoms with van der Waals surface area (Å²) in [6.45, 7) is 34.2. The summed E-state index contributed by atoms with van der Waals surface area (Å²) in [7, 11) is 0. The molecule has 4 aromatic carbocycles. The lowest BCUT2D eigenvalue weighted by Crippen LogP contribution is -2.18. The number of aromatic nitrogens is 2. The topological polar surface area (TPSA) is 62.7 Å². The highest BCUT2D eigenvalue weighted by Gasteiger charge is 2.30. The third-order valence-corrected chi connectivity index (χ3v) is 13.6. The third-order valence-electron chi connectivity index (χ3n) is 13.6. The van der Waals surface area contributed by atoms with Crippen LogP contribution in [0.25, 0.3) is 0 Å². The molecule has 6 heteroatoms. The van der Waals surface area contributed by atoms with Crippen molar-refractivity contribution in [3.8, 4) is 23.0 Å². The van der Waals surface area contributed by atoms with Crippen LogP contribution in [0.5, 0.6) is 23.0 Å². The van der Waals surface area contributed by atoms with Crippen LogP contribution in [-0.2, 0) is 60.6 Å². The number of nitrogens with zero attached hydrogens (tertiary/aromatic N) is 2. The van der Waals surface area contributed by atoms with E-state index in [0.29, 0.717) is 52.1 Å². The van der Waals surface area contributed by atoms with E-state index in [1.807, 2.05) is 48.8 Å². The van der Waals surface area contributed by atoms with Crippen molar-refractivity contribution < 1.29 is 18.9 Å². The van der Waals surface area contributed by atoms with Crippen molar-refractivity contribution in [1.82, 2.24) is 9.97 Å². The minimum Gasteiger partial charge on any atom is -0.493 e. The molecule has 6 nitrogen and oxygen atoms in total. The molecule has 2 aromatic heterocycles. The molecule has 0 spiro atoms. The minimum atomic E-state index is -0.138. The zero-order valence-corrected chi connectivity index (χ0v) is 45.3. The van der Waals surface area contributed by atoms with Crippen LogP contribution in [-0.4, -0.2) is 23.2 Å². The van der Waals surface area contributed by atoms with Crippen molar-refractivity contribution >= 4 is 0 Å². The number of unbranched alkanes of at least 4 members (excludes halogenated alkanes) is 2. The Labute approximate surface area is 422 Å². The van der Waals surface area contributed by atoms with E-state index in [0.717, 1.165) is 105 Å². The third kappa shape index (κ3) is 13.0. The van der Waals surface area contributed by atoms with Crippen LogP contribution in [0.15, 0.2) is 97.3 Å². The fraction of sp³-hybridized carbons (Fsp3) is 0.469. The highest BCUT2D eigenvalue weighted by molar-refractivity contribution is 5.60. The zero-order valence-electron chi connectivity index (χ0n) is 45.3. The SMILES string of the molecule is CCCCOc1c2cc(C(C)(C)C)cc1Cc1cc(C(C)(C)C)cc(c1OCc1ccccn1)Cc1cc(C(C)(C)C)cc(c1OCCCC)Cc1cc(C(C)(C)C)cc(c1OCc1ccccn1)C2. The van der Waals surface area contributed by atoms with Gasteiger partial charge in [0.2, 0.25) is 0 Å². The molecule has 0 saturated heterocycles. The van der Waals surface area contributed by atoms with Gasteiger partial charge in [-0.15, -0.1) is 0 Å². The summed E-state index contributed by atoms with van der Waals surface area (Å²) < 4.78 is 28.6. The Balaban J connectivity index is 1.62. The molecule has 0 radical (unpaired) electrons. The molecular formula is C64H82N2O4. The molecule has 6 aromatic rings. The average molecular weight is 943 g/mol. The van der Waals surface area contributed by atoms with Gasteiger partial charge in [-0.3, -0.25) is 9.97 Å². The van der Waals surface area contributed by atoms with E-state index >= 15 is 0 Å². The standard InChI is InChI=1S/C64H82N2O4/c1-15-17-27-67-57-43-29-47-37-53(63(9,10)11)39-49(59(47)69-41-55-23-19-21-25-65-55)31-45-35-52(62(6,7)8)36-46(58(45)68-28-18-16-2)32-50-40-54(64(12,13)14)38-48(30-44(57)34-51(33-43)61(3,4)5)60(50)70-42-56-24-20-22-26-66-56/h19-26,33-40H,15-18,27-32,41-42H2,1-14H3. The molecule has 0 N–H and O–H groups in total. The fourth-order valence-electron chi connectivity index (χ4n) is 9.26. The summed E-state index contributed by atoms with van der Waals surface area (Å²) in [5.41, 5.74) is 15.5. The first-order valence-electron chi connectivity index (χ1n) is 26.1. The number of benzene rings is 4. The first-order chi connectivity index (χ1) is 33.1. The maximum atomic E-state index is 7.18. The van der Waals surface area contributed by atoms with Crippen molar-refractivity contribution in [3.63, 3.8) is 0 Å². The van der Waals surface area contributed by atoms with E-state index in [9.17, 15) is 0 Å². The van der Waals surface area contributed by atoms with E-state index in [-0.39, 0.29) is 21.7 Å². The van der Waals surface area contributed by atoms with E-state index in [2.05, 4.69) is 145 Å². The van der Waals surface area contributed by atoms with Gasteiger partial charge < -0.3 is 18.9 Å². The number of rotatable bonds is 14. The molecule has 2 heterocycles. The van der Waals surface area contributed by atoms with Crippen LogP contribution < -0.4 is 18.9 Å². The summed E-state index contributed by atoms with van der Waals surface area (Å²) in [5, 5.41) is 0. The Kier molecular flexibility index (Phi) is 16.3. The van der Waals surface area contributed by atoms with Crippen LogP contribution in [0.2, 0.25) is 0 Å². The molecule has 8 bridgehead atoms. The summed E-state index contributed by atoms with van der Waals surface area (Å²) >= 11 is 0. The van der Waals surface area contributed by atoms with Gasteiger partial charge in [-0.05, 0) is 126 Å². The van der Waals surface area contributed by atoms with Crippen LogP contribution in [0.1, 0.15) is 201 Å². The number of fused-ring (bicyclic) bond motifs is 8. The molecule has 0 unspecified atom stereocenters. The second-order valence-electron chi connectivity index (χ2n) is 23.8. The summed E-state index contributed by atoms with van der Waals surface area (Å²) in [5.74, 6) is 3.72. The summed E-state index contributed by atoms with van der Waals surface area (Å²) in [4.78, 5) is 9.44. The summed E-state index contributed by atoms with van der Waals surface area (Å²) in [6.07, 6.45) is 10.2. The zero-order chi connectivity index (χ0) is 50.4. The van der Waals surface area contributed by atoms with Crippen molar-refractivity contribution in [2.45, 2.75) is 183 Å². The molecule has 1 aliphatic carbocycles. The molecule has 0 atom stereocenters. The number of ether oxygens (including phenoxy) is 4. The molecule has 1 aliphatic rings. The molecular weight excluding hydrogens is 861 g/mol. The van der Waals surface area contributed by atoms with Gasteiger partial charge in [0.1, 0.15) is 36.2 Å². The monoisotopic (exact) mass is 943 g/mol. The molecule has 70 heavy (non-hydrogen) atoms. The first kappa shape index (κ1) is 52.2. The van der Waals surface area contributed by atoms with Gasteiger partial charge in [-0.25, -0.2) is 0 Å². The van der Waals surface area contributed by atoms with Gasteiger partial charge in [0, 0.05) is 38.1 Å². The second kappa shape index (κ2) is 21.8. The maximum Gasteiger partial charge on any atom is 0.130 e. The molecule has 0 amide bonds. The van der Waals surface area contributed by atoms with Crippen LogP contribution >= 0.6 is 0 Å². The van der Waals surface area contributed by atoms with Crippen molar-refractivity contribution in [1.29, 1.82) is 0 Å². The van der Waals surface area contributed by atoms with Gasteiger partial charge in [0.15, 0.2) is 0 Å². The van der Waals surface area contributed by atoms with Crippen LogP contribution in [0.3, 0.4) is 0 Å². The van der Waals surface area contributed by atoms with Gasteiger partial charge >= 0.3 is 0 Å². The largest absolute Gasteiger partial charge is 0.493 e. The van der Waals surface area contributed by atoms with E-state index in [1.54, 1.807) is 0 Å². The Hall–Kier alpha value is -5.62. The molecule has 0 fully saturated rings. The van der Waals surface area contributed by atoms with E-state index in [1.165, 1.54) is 22.3 Å². The molecule has 372 valence electrons. The van der Waals surface area contributed by atoms with Gasteiger partial charge in [-0.1, -0.05) is 170 Å². The Morgan fingerprint density at radius 1 is 0.371 bits per heavy atom. The number of pyridine rings is 2. The molecule has 0 saturated carbocycles. The number of hydrogen-bond donors (Lipinski definition) is 0. The van der Waals surface area contributed by atoms with Crippen molar-refractivity contribution in [2.24, 2.45) is 0 Å². The van der Waals surface area contributed by atoms with Gasteiger partial charge in [0.25, 0.3) is 0 Å². The van der Waals surface area contributed by atoms with Crippen molar-refractivity contribution in [2.75, 3.05) is 13.2 Å². The quantitative estimate of drug-likeness (QED) is 0.101. The predicted molar refractivity (Wildman–Crippen MR) is 290 cm³/mol. The minimum absolute atomic E-state index is 0.137. The molecule has 0 aliphatic heterocycles. The fourth-order valence-corrected chi connectivity index (χ4v) is 9.26. The maximum absolute atomic E-state index is 7.18. The Morgan fingerprint density at radius 3 is 0.843 bits per heavy atom. The lowest BCUT2D eigenvalue weighted by molar-refractivity contribution is 0.291. The second-order valence-corrected chi connectivity index (χ2v) is 23.8. The number of hydrogen-bond acceptors (Lipinski definition) is 6. The smallest absolute Gasteiger partial charge is 0.130 e. The summed E-state index contributed by atoms with van der Waals surface area (Å²) in [6, 6.07) is 31.3. The van der Waals surface area contributed by atoms with Crippen LogP contribution in [0.4, 0.5) is 0 Å². The lowest BCUT2D eigenvalue weighted by atomic mass is 9.79. The first-order valence-corrected chi connectivity index (χ1v) is 26.1. The lowest BCUT2D eigenvalue weighted by Gasteiger charge is -2.29. The van der Waals surface area contributed by atoms with Crippen molar-refractivity contribution in [3.05, 3.63) is 175 Å². The van der Waals surface area contributed by atoms with Crippen LogP contribution in [0, 0.1) is 0 Å². The normalized spacial score (nSPS) is 13.2. The highest BCUT2D eigenvalue weighted by Crippen LogP contribution is 2.45. The molecule has 7 rings (SSSR count). The van der Waals surface area contributed by atoms with Gasteiger partial charge in [-0.2, -0.15) is 0 Å². The Bertz CT molecular complexity index is 2430. The van der Waals surface area contributed by atoms with Gasteiger partial charge in [0.05, 0.1) is 24.6 Å². The predicted octanol–water partition coefficient (Wildman–Crippen LogP) is 15.9. The highest BCUT2D eigenvalue weighted by atomic mass is 16.5. The van der Waals surface area contributed by atoms with E-state index in [4.69, 9.17) is 28.9 Å².